The van der Waals surface area contributed by atoms with Gasteiger partial charge in [0, 0.05) is 18.7 Å². The second kappa shape index (κ2) is 7.92. The van der Waals surface area contributed by atoms with Gasteiger partial charge in [-0.25, -0.2) is 18.4 Å². The van der Waals surface area contributed by atoms with Gasteiger partial charge in [0.15, 0.2) is 9.84 Å². The molecule has 0 spiro atoms. The summed E-state index contributed by atoms with van der Waals surface area (Å²) in [5.74, 6) is 0.543. The highest BCUT2D eigenvalue weighted by molar-refractivity contribution is 7.94. The Bertz CT molecular complexity index is 961. The number of piperidine rings is 1. The van der Waals surface area contributed by atoms with Gasteiger partial charge in [-0.2, -0.15) is 0 Å². The molecule has 0 atom stereocenters. The van der Waals surface area contributed by atoms with Crippen LogP contribution in [0.4, 0.5) is 0 Å². The van der Waals surface area contributed by atoms with Gasteiger partial charge in [0.1, 0.15) is 12.4 Å². The Morgan fingerprint density at radius 2 is 1.96 bits per heavy atom. The van der Waals surface area contributed by atoms with Crippen LogP contribution in [0, 0.1) is 0 Å². The molecule has 3 aliphatic rings. The Balaban J connectivity index is 0.00000210. The number of fused-ring (bicyclic) bond motifs is 1. The first-order valence-electron chi connectivity index (χ1n) is 8.60. The molecule has 0 bridgehead atoms. The third-order valence-electron chi connectivity index (χ3n) is 4.58. The molecule has 1 aromatic heterocycles. The monoisotopic (exact) mass is 408 g/mol. The van der Waals surface area contributed by atoms with Crippen LogP contribution in [-0.4, -0.2) is 49.5 Å². The van der Waals surface area contributed by atoms with E-state index in [1.807, 2.05) is 6.08 Å². The van der Waals surface area contributed by atoms with E-state index in [1.54, 1.807) is 18.2 Å². The highest BCUT2D eigenvalue weighted by Gasteiger charge is 2.23. The van der Waals surface area contributed by atoms with Crippen molar-refractivity contribution in [1.82, 2.24) is 15.3 Å². The van der Waals surface area contributed by atoms with Crippen molar-refractivity contribution in [2.75, 3.05) is 19.3 Å². The predicted octanol–water partition coefficient (Wildman–Crippen LogP) is 2.08. The Kier molecular flexibility index (Phi) is 5.78. The van der Waals surface area contributed by atoms with Gasteiger partial charge in [-0.1, -0.05) is 6.08 Å². The molecule has 3 heterocycles. The van der Waals surface area contributed by atoms with Crippen molar-refractivity contribution >= 4 is 33.7 Å². The van der Waals surface area contributed by atoms with Crippen molar-refractivity contribution < 1.29 is 13.2 Å². The number of aliphatic imine (C=N–C) groups is 1. The number of allylic oxidation sites excluding steroid dienone is 4. The molecule has 1 aromatic rings. The van der Waals surface area contributed by atoms with Crippen LogP contribution in [0.2, 0.25) is 0 Å². The average molecular weight is 409 g/mol. The predicted molar refractivity (Wildman–Crippen MR) is 107 cm³/mol. The molecule has 7 nitrogen and oxygen atoms in total. The zero-order chi connectivity index (χ0) is 18.1. The molecule has 0 amide bonds. The number of sulfone groups is 1. The molecule has 1 saturated heterocycles. The maximum Gasteiger partial charge on any atom is 0.217 e. The van der Waals surface area contributed by atoms with Crippen LogP contribution >= 0.6 is 12.4 Å². The van der Waals surface area contributed by atoms with Crippen LogP contribution in [0.5, 0.6) is 5.88 Å². The maximum atomic E-state index is 11.7. The third kappa shape index (κ3) is 4.45. The van der Waals surface area contributed by atoms with Gasteiger partial charge in [-0.15, -0.1) is 12.4 Å². The molecule has 4 rings (SSSR count). The van der Waals surface area contributed by atoms with Crippen LogP contribution < -0.4 is 10.1 Å². The van der Waals surface area contributed by atoms with E-state index in [4.69, 9.17) is 4.74 Å². The molecule has 0 saturated carbocycles. The smallest absolute Gasteiger partial charge is 0.217 e. The number of aromatic nitrogens is 2. The first kappa shape index (κ1) is 19.7. The van der Waals surface area contributed by atoms with Crippen LogP contribution in [-0.2, 0) is 9.84 Å². The van der Waals surface area contributed by atoms with Crippen LogP contribution in [0.3, 0.4) is 0 Å². The Labute approximate surface area is 164 Å². The molecule has 1 fully saturated rings. The van der Waals surface area contributed by atoms with E-state index >= 15 is 0 Å². The standard InChI is InChI=1S/C18H20N4O3S.ClH/c1-26(23,24)14-2-3-15-12(8-14)9-17(22-15)16-10-18(21-11-20-16)25-13-4-6-19-7-5-13;/h2,8-11,13,19H,3-7H2,1H3;1H. The van der Waals surface area contributed by atoms with Crippen LogP contribution in [0.25, 0.3) is 5.70 Å². The van der Waals surface area contributed by atoms with Crippen LogP contribution in [0.15, 0.2) is 46.1 Å². The third-order valence-corrected chi connectivity index (χ3v) is 5.72. The van der Waals surface area contributed by atoms with Crippen molar-refractivity contribution in [1.29, 1.82) is 0 Å². The second-order valence-electron chi connectivity index (χ2n) is 6.58. The van der Waals surface area contributed by atoms with E-state index in [2.05, 4.69) is 20.3 Å². The molecule has 9 heteroatoms. The molecule has 1 N–H and O–H groups in total. The summed E-state index contributed by atoms with van der Waals surface area (Å²) in [4.78, 5) is 13.4. The lowest BCUT2D eigenvalue weighted by molar-refractivity contribution is 0.155. The summed E-state index contributed by atoms with van der Waals surface area (Å²) in [5.41, 5.74) is 3.05. The quantitative estimate of drug-likeness (QED) is 0.819. The summed E-state index contributed by atoms with van der Waals surface area (Å²) in [5, 5.41) is 3.31. The first-order chi connectivity index (χ1) is 12.5. The zero-order valence-electron chi connectivity index (χ0n) is 14.9. The summed E-state index contributed by atoms with van der Waals surface area (Å²) in [6, 6.07) is 1.79. The van der Waals surface area contributed by atoms with E-state index in [0.717, 1.165) is 37.2 Å². The molecule has 0 radical (unpaired) electrons. The lowest BCUT2D eigenvalue weighted by Gasteiger charge is -2.23. The minimum Gasteiger partial charge on any atom is -0.474 e. The summed E-state index contributed by atoms with van der Waals surface area (Å²) < 4.78 is 29.5. The lowest BCUT2D eigenvalue weighted by Crippen LogP contribution is -2.34. The SMILES string of the molecule is CS(=O)(=O)C1=CCC2=NC(c3cc(OC4CCNCC4)ncn3)=CC2=C1.Cl. The molecule has 0 unspecified atom stereocenters. The number of nitrogens with one attached hydrogen (secondary N) is 1. The van der Waals surface area contributed by atoms with E-state index in [0.29, 0.717) is 28.6 Å². The second-order valence-corrected chi connectivity index (χ2v) is 8.59. The molecule has 1 aliphatic carbocycles. The van der Waals surface area contributed by atoms with Gasteiger partial charge < -0.3 is 10.1 Å². The molecule has 2 aliphatic heterocycles. The Hall–Kier alpha value is -2.03. The molecule has 0 aromatic carbocycles. The Morgan fingerprint density at radius 1 is 1.19 bits per heavy atom. The zero-order valence-corrected chi connectivity index (χ0v) is 16.5. The van der Waals surface area contributed by atoms with Gasteiger partial charge in [-0.3, -0.25) is 4.99 Å². The van der Waals surface area contributed by atoms with E-state index in [1.165, 1.54) is 12.6 Å². The van der Waals surface area contributed by atoms with E-state index in [-0.39, 0.29) is 18.5 Å². The van der Waals surface area contributed by atoms with Crippen molar-refractivity contribution in [3.05, 3.63) is 46.8 Å². The van der Waals surface area contributed by atoms with Gasteiger partial charge >= 0.3 is 0 Å². The first-order valence-corrected chi connectivity index (χ1v) is 10.5. The summed E-state index contributed by atoms with van der Waals surface area (Å²) in [6.07, 6.45) is 10.5. The number of nitrogens with zero attached hydrogens (tertiary/aromatic N) is 3. The van der Waals surface area contributed by atoms with Crippen molar-refractivity contribution in [2.45, 2.75) is 25.4 Å². The average Bonchev–Trinajstić information content (AvgIpc) is 3.05. The van der Waals surface area contributed by atoms with Crippen molar-refractivity contribution in [2.24, 2.45) is 4.99 Å². The minimum absolute atomic E-state index is 0. The fourth-order valence-corrected chi connectivity index (χ4v) is 3.92. The van der Waals surface area contributed by atoms with Crippen molar-refractivity contribution in [3.8, 4) is 5.88 Å². The highest BCUT2D eigenvalue weighted by Crippen LogP contribution is 2.31. The van der Waals surface area contributed by atoms with E-state index < -0.39 is 9.84 Å². The lowest BCUT2D eigenvalue weighted by atomic mass is 10.0. The van der Waals surface area contributed by atoms with E-state index in [9.17, 15) is 8.42 Å². The number of hydrogen-bond donors (Lipinski definition) is 1. The minimum atomic E-state index is -3.22. The van der Waals surface area contributed by atoms with Gasteiger partial charge in [0.25, 0.3) is 0 Å². The number of ether oxygens (including phenoxy) is 1. The largest absolute Gasteiger partial charge is 0.474 e. The maximum absolute atomic E-state index is 11.7. The Morgan fingerprint density at radius 3 is 2.70 bits per heavy atom. The fraction of sp³-hybridized carbons (Fsp3) is 0.389. The topological polar surface area (TPSA) is 93.5 Å². The summed E-state index contributed by atoms with van der Waals surface area (Å²) >= 11 is 0. The van der Waals surface area contributed by atoms with Gasteiger partial charge in [-0.05, 0) is 43.7 Å². The number of rotatable bonds is 4. The molecular formula is C18H21ClN4O3S. The van der Waals surface area contributed by atoms with Gasteiger partial charge in [0.05, 0.1) is 22.0 Å². The normalized spacial score (nSPS) is 19.9. The summed E-state index contributed by atoms with van der Waals surface area (Å²) in [7, 11) is -3.22. The molecule has 144 valence electrons. The highest BCUT2D eigenvalue weighted by atomic mass is 35.5. The molecule has 27 heavy (non-hydrogen) atoms. The molecular weight excluding hydrogens is 388 g/mol. The number of halogens is 1. The van der Waals surface area contributed by atoms with Gasteiger partial charge in [0.2, 0.25) is 5.88 Å². The summed E-state index contributed by atoms with van der Waals surface area (Å²) in [6.45, 7) is 1.90. The fourth-order valence-electron chi connectivity index (χ4n) is 3.19. The van der Waals surface area contributed by atoms with Crippen LogP contribution in [0.1, 0.15) is 25.0 Å². The number of hydrogen-bond acceptors (Lipinski definition) is 7. The van der Waals surface area contributed by atoms with Crippen molar-refractivity contribution in [3.63, 3.8) is 0 Å².